The van der Waals surface area contributed by atoms with Gasteiger partial charge in [0, 0.05) is 12.6 Å². The van der Waals surface area contributed by atoms with E-state index in [2.05, 4.69) is 15.5 Å². The van der Waals surface area contributed by atoms with Gasteiger partial charge in [-0.25, -0.2) is 9.07 Å². The van der Waals surface area contributed by atoms with E-state index in [1.54, 1.807) is 25.2 Å². The number of carbonyl (C=O) groups is 2. The monoisotopic (exact) mass is 394 g/mol. The Bertz CT molecular complexity index is 833. The van der Waals surface area contributed by atoms with Gasteiger partial charge in [0.25, 0.3) is 0 Å². The molecular weight excluding hydrogens is 371 g/mol. The fraction of sp³-hybridized carbons (Fsp3) is 0.412. The van der Waals surface area contributed by atoms with Crippen LogP contribution in [0.5, 0.6) is 0 Å². The lowest BCUT2D eigenvalue weighted by Gasteiger charge is -2.23. The Morgan fingerprint density at radius 3 is 2.59 bits per heavy atom. The Balaban J connectivity index is 1.96. The maximum Gasteiger partial charge on any atom is 0.240 e. The van der Waals surface area contributed by atoms with Crippen LogP contribution in [0.2, 0.25) is 0 Å². The quantitative estimate of drug-likeness (QED) is 0.564. The van der Waals surface area contributed by atoms with Crippen molar-refractivity contribution >= 4 is 23.6 Å². The number of nitrogens with two attached hydrogens (primary N) is 1. The van der Waals surface area contributed by atoms with E-state index in [9.17, 15) is 14.0 Å². The summed E-state index contributed by atoms with van der Waals surface area (Å²) in [6.45, 7) is 5.55. The number of rotatable bonds is 6. The van der Waals surface area contributed by atoms with Crippen LogP contribution in [-0.4, -0.2) is 56.5 Å². The number of aromatic nitrogens is 3. The van der Waals surface area contributed by atoms with Crippen molar-refractivity contribution in [2.45, 2.75) is 31.5 Å². The minimum Gasteiger partial charge on any atom is -0.350 e. The smallest absolute Gasteiger partial charge is 0.240 e. The van der Waals surface area contributed by atoms with Crippen molar-refractivity contribution in [2.24, 2.45) is 0 Å². The van der Waals surface area contributed by atoms with Crippen LogP contribution in [-0.2, 0) is 9.59 Å². The summed E-state index contributed by atoms with van der Waals surface area (Å²) in [6.07, 6.45) is 0. The number of thioether (sulfide) groups is 1. The molecule has 10 heteroatoms. The van der Waals surface area contributed by atoms with E-state index in [0.29, 0.717) is 0 Å². The van der Waals surface area contributed by atoms with Crippen molar-refractivity contribution in [3.63, 3.8) is 0 Å². The molecule has 2 amide bonds. The average molecular weight is 394 g/mol. The normalized spacial score (nSPS) is 11.3. The van der Waals surface area contributed by atoms with Crippen LogP contribution in [0.1, 0.15) is 20.8 Å². The molecule has 2 aromatic rings. The molecule has 3 N–H and O–H groups in total. The van der Waals surface area contributed by atoms with Crippen molar-refractivity contribution in [1.29, 1.82) is 0 Å². The summed E-state index contributed by atoms with van der Waals surface area (Å²) in [7, 11) is 1.54. The zero-order valence-electron chi connectivity index (χ0n) is 15.7. The largest absolute Gasteiger partial charge is 0.350 e. The highest BCUT2D eigenvalue weighted by Crippen LogP contribution is 2.23. The summed E-state index contributed by atoms with van der Waals surface area (Å²) in [5.74, 6) is 5.15. The van der Waals surface area contributed by atoms with Crippen LogP contribution < -0.4 is 11.2 Å². The zero-order chi connectivity index (χ0) is 20.2. The van der Waals surface area contributed by atoms with Crippen molar-refractivity contribution in [1.82, 2.24) is 25.1 Å². The zero-order valence-corrected chi connectivity index (χ0v) is 16.5. The molecule has 0 unspecified atom stereocenters. The van der Waals surface area contributed by atoms with Gasteiger partial charge in [0.05, 0.1) is 17.9 Å². The lowest BCUT2D eigenvalue weighted by molar-refractivity contribution is -0.133. The number of benzene rings is 1. The van der Waals surface area contributed by atoms with E-state index in [0.717, 1.165) is 16.4 Å². The fourth-order valence-electron chi connectivity index (χ4n) is 2.20. The predicted octanol–water partition coefficient (Wildman–Crippen LogP) is 1.26. The van der Waals surface area contributed by atoms with Gasteiger partial charge in [0.2, 0.25) is 17.0 Å². The maximum absolute atomic E-state index is 13.9. The number of carbonyl (C=O) groups excluding carboxylic acids is 2. The minimum absolute atomic E-state index is 0.0197. The van der Waals surface area contributed by atoms with Gasteiger partial charge in [-0.2, -0.15) is 0 Å². The molecule has 0 aliphatic rings. The van der Waals surface area contributed by atoms with E-state index in [1.807, 2.05) is 20.8 Å². The third-order valence-electron chi connectivity index (χ3n) is 3.42. The van der Waals surface area contributed by atoms with Crippen LogP contribution >= 0.6 is 11.8 Å². The highest BCUT2D eigenvalue weighted by molar-refractivity contribution is 7.99. The number of nitrogen functional groups attached to an aromatic ring is 1. The Morgan fingerprint density at radius 1 is 1.30 bits per heavy atom. The molecule has 0 bridgehead atoms. The Morgan fingerprint density at radius 2 is 1.96 bits per heavy atom. The molecule has 0 aliphatic heterocycles. The first-order valence-electron chi connectivity index (χ1n) is 8.21. The van der Waals surface area contributed by atoms with Gasteiger partial charge in [-0.1, -0.05) is 23.9 Å². The molecule has 2 rings (SSSR count). The number of halogens is 1. The standard InChI is InChI=1S/C17H23FN6O2S/c1-17(2,3)20-13(25)9-23(4)14(26)10-27-16-22-21-15(24(16)19)11-7-5-6-8-12(11)18/h5-8H,9-10,19H2,1-4H3,(H,20,25). The Kier molecular flexibility index (Phi) is 6.42. The minimum atomic E-state index is -0.464. The first kappa shape index (κ1) is 20.7. The van der Waals surface area contributed by atoms with E-state index in [4.69, 9.17) is 5.84 Å². The number of amides is 2. The maximum atomic E-state index is 13.9. The van der Waals surface area contributed by atoms with Crippen molar-refractivity contribution in [3.05, 3.63) is 30.1 Å². The third-order valence-corrected chi connectivity index (χ3v) is 4.35. The number of hydrogen-bond acceptors (Lipinski definition) is 6. The van der Waals surface area contributed by atoms with Crippen LogP contribution in [0.15, 0.2) is 29.4 Å². The lowest BCUT2D eigenvalue weighted by Crippen LogP contribution is -2.46. The summed E-state index contributed by atoms with van der Waals surface area (Å²) in [5, 5.41) is 10.9. The SMILES string of the molecule is CN(CC(=O)NC(C)(C)C)C(=O)CSc1nnc(-c2ccccc2F)n1N. The molecule has 1 aromatic heterocycles. The predicted molar refractivity (Wildman–Crippen MR) is 102 cm³/mol. The summed E-state index contributed by atoms with van der Waals surface area (Å²) >= 11 is 1.06. The molecule has 0 aliphatic carbocycles. The van der Waals surface area contributed by atoms with E-state index in [-0.39, 0.29) is 46.2 Å². The Hall–Kier alpha value is -2.62. The fourth-order valence-corrected chi connectivity index (χ4v) is 3.00. The molecule has 146 valence electrons. The van der Waals surface area contributed by atoms with Crippen molar-refractivity contribution in [2.75, 3.05) is 25.2 Å². The number of nitrogens with zero attached hydrogens (tertiary/aromatic N) is 4. The van der Waals surface area contributed by atoms with Gasteiger partial charge in [-0.3, -0.25) is 9.59 Å². The summed E-state index contributed by atoms with van der Waals surface area (Å²) < 4.78 is 15.0. The average Bonchev–Trinajstić information content (AvgIpc) is 2.92. The topological polar surface area (TPSA) is 106 Å². The van der Waals surface area contributed by atoms with Crippen LogP contribution in [0, 0.1) is 5.82 Å². The van der Waals surface area contributed by atoms with Gasteiger partial charge in [0.1, 0.15) is 5.82 Å². The van der Waals surface area contributed by atoms with Crippen molar-refractivity contribution < 1.29 is 14.0 Å². The molecule has 27 heavy (non-hydrogen) atoms. The van der Waals surface area contributed by atoms with E-state index < -0.39 is 5.82 Å². The summed E-state index contributed by atoms with van der Waals surface area (Å²) in [4.78, 5) is 25.4. The second-order valence-electron chi connectivity index (χ2n) is 6.99. The molecule has 0 atom stereocenters. The summed E-state index contributed by atoms with van der Waals surface area (Å²) in [6, 6.07) is 6.08. The highest BCUT2D eigenvalue weighted by Gasteiger charge is 2.20. The first-order chi connectivity index (χ1) is 12.6. The van der Waals surface area contributed by atoms with Gasteiger partial charge < -0.3 is 16.1 Å². The number of likely N-dealkylation sites (N-methyl/N-ethyl adjacent to an activating group) is 1. The second-order valence-corrected chi connectivity index (χ2v) is 7.94. The van der Waals surface area contributed by atoms with Crippen LogP contribution in [0.4, 0.5) is 4.39 Å². The number of nitrogens with one attached hydrogen (secondary N) is 1. The van der Waals surface area contributed by atoms with E-state index in [1.165, 1.54) is 11.0 Å². The highest BCUT2D eigenvalue weighted by atomic mass is 32.2. The molecule has 0 saturated heterocycles. The lowest BCUT2D eigenvalue weighted by atomic mass is 10.1. The molecule has 0 fully saturated rings. The first-order valence-corrected chi connectivity index (χ1v) is 9.20. The molecule has 8 nitrogen and oxygen atoms in total. The van der Waals surface area contributed by atoms with Gasteiger partial charge >= 0.3 is 0 Å². The van der Waals surface area contributed by atoms with Gasteiger partial charge in [0.15, 0.2) is 5.82 Å². The summed E-state index contributed by atoms with van der Waals surface area (Å²) in [5.41, 5.74) is -0.143. The van der Waals surface area contributed by atoms with Crippen molar-refractivity contribution in [3.8, 4) is 11.4 Å². The molecule has 0 spiro atoms. The number of hydrogen-bond donors (Lipinski definition) is 2. The Labute approximate surface area is 161 Å². The molecule has 0 radical (unpaired) electrons. The second kappa shape index (κ2) is 8.38. The van der Waals surface area contributed by atoms with Gasteiger partial charge in [-0.05, 0) is 32.9 Å². The van der Waals surface area contributed by atoms with E-state index >= 15 is 0 Å². The molecule has 1 heterocycles. The molecule has 0 saturated carbocycles. The molecular formula is C17H23FN6O2S. The van der Waals surface area contributed by atoms with Gasteiger partial charge in [-0.15, -0.1) is 10.2 Å². The van der Waals surface area contributed by atoms with Crippen LogP contribution in [0.3, 0.4) is 0 Å². The molecule has 1 aromatic carbocycles. The third kappa shape index (κ3) is 5.68. The van der Waals surface area contributed by atoms with Crippen LogP contribution in [0.25, 0.3) is 11.4 Å².